The van der Waals surface area contributed by atoms with E-state index in [9.17, 15) is 4.79 Å². The molecule has 1 amide bonds. The highest BCUT2D eigenvalue weighted by Gasteiger charge is 2.32. The Bertz CT molecular complexity index is 776. The summed E-state index contributed by atoms with van der Waals surface area (Å²) in [6, 6.07) is 1.95. The fraction of sp³-hybridized carbons (Fsp3) is 0.611. The maximum atomic E-state index is 12.6. The van der Waals surface area contributed by atoms with Crippen LogP contribution in [0, 0.1) is 0 Å². The van der Waals surface area contributed by atoms with Crippen molar-refractivity contribution in [3.63, 3.8) is 0 Å². The van der Waals surface area contributed by atoms with Crippen LogP contribution in [0.5, 0.6) is 0 Å². The summed E-state index contributed by atoms with van der Waals surface area (Å²) in [6.07, 6.45) is 4.16. The Hall–Kier alpha value is -2.31. The topological polar surface area (TPSA) is 68.0 Å². The van der Waals surface area contributed by atoms with Gasteiger partial charge in [-0.05, 0) is 39.7 Å². The first-order chi connectivity index (χ1) is 11.7. The molecule has 0 aromatic carbocycles. The average Bonchev–Trinajstić information content (AvgIpc) is 3.14. The van der Waals surface area contributed by atoms with Crippen molar-refractivity contribution in [2.45, 2.75) is 51.6 Å². The van der Waals surface area contributed by atoms with Gasteiger partial charge in [0, 0.05) is 32.8 Å². The van der Waals surface area contributed by atoms with Crippen molar-refractivity contribution in [3.8, 4) is 0 Å². The van der Waals surface area contributed by atoms with Gasteiger partial charge in [-0.3, -0.25) is 9.48 Å². The molecule has 136 valence electrons. The third-order valence-corrected chi connectivity index (χ3v) is 4.49. The molecule has 0 unspecified atom stereocenters. The second-order valence-corrected chi connectivity index (χ2v) is 8.00. The molecule has 1 fully saturated rings. The standard InChI is InChI=1S/C18H28N6O/c1-18(2,3)24-15(12-7-8-12)9-14(21-24)16(25)19-10-13-11-20-17(22(4)5)23(13)6/h9,11-12H,7-8,10H2,1-6H3,(H,19,25). The number of amides is 1. The molecule has 1 saturated carbocycles. The van der Waals surface area contributed by atoms with E-state index < -0.39 is 0 Å². The molecule has 1 aliphatic carbocycles. The molecule has 1 N–H and O–H groups in total. The average molecular weight is 344 g/mol. The quantitative estimate of drug-likeness (QED) is 0.903. The summed E-state index contributed by atoms with van der Waals surface area (Å²) >= 11 is 0. The van der Waals surface area contributed by atoms with Gasteiger partial charge in [0.15, 0.2) is 0 Å². The van der Waals surface area contributed by atoms with E-state index in [0.29, 0.717) is 18.2 Å². The van der Waals surface area contributed by atoms with E-state index >= 15 is 0 Å². The molecule has 2 aromatic rings. The normalized spacial score (nSPS) is 14.6. The zero-order valence-electron chi connectivity index (χ0n) is 16.0. The Balaban J connectivity index is 1.74. The second-order valence-electron chi connectivity index (χ2n) is 8.00. The van der Waals surface area contributed by atoms with E-state index in [1.807, 2.05) is 41.4 Å². The van der Waals surface area contributed by atoms with Gasteiger partial charge in [0.25, 0.3) is 5.91 Å². The Morgan fingerprint density at radius 1 is 1.36 bits per heavy atom. The van der Waals surface area contributed by atoms with Crippen LogP contribution in [0.15, 0.2) is 12.3 Å². The number of rotatable bonds is 5. The van der Waals surface area contributed by atoms with Gasteiger partial charge < -0.3 is 14.8 Å². The highest BCUT2D eigenvalue weighted by molar-refractivity contribution is 5.92. The van der Waals surface area contributed by atoms with Crippen molar-refractivity contribution in [1.82, 2.24) is 24.6 Å². The Morgan fingerprint density at radius 2 is 2.04 bits per heavy atom. The van der Waals surface area contributed by atoms with Gasteiger partial charge >= 0.3 is 0 Å². The van der Waals surface area contributed by atoms with Crippen LogP contribution in [0.4, 0.5) is 5.95 Å². The van der Waals surface area contributed by atoms with Crippen molar-refractivity contribution in [2.75, 3.05) is 19.0 Å². The molecule has 0 aliphatic heterocycles. The predicted octanol–water partition coefficient (Wildman–Crippen LogP) is 2.25. The van der Waals surface area contributed by atoms with E-state index in [1.54, 1.807) is 6.20 Å². The summed E-state index contributed by atoms with van der Waals surface area (Å²) in [5.74, 6) is 1.27. The molecule has 0 bridgehead atoms. The van der Waals surface area contributed by atoms with Crippen molar-refractivity contribution in [3.05, 3.63) is 29.3 Å². The first-order valence-electron chi connectivity index (χ1n) is 8.75. The van der Waals surface area contributed by atoms with Crippen LogP contribution >= 0.6 is 0 Å². The molecular weight excluding hydrogens is 316 g/mol. The molecule has 0 saturated heterocycles. The lowest BCUT2D eigenvalue weighted by Gasteiger charge is -2.22. The van der Waals surface area contributed by atoms with Crippen LogP contribution < -0.4 is 10.2 Å². The minimum Gasteiger partial charge on any atom is -0.348 e. The molecule has 0 radical (unpaired) electrons. The van der Waals surface area contributed by atoms with Gasteiger partial charge in [0.1, 0.15) is 5.69 Å². The summed E-state index contributed by atoms with van der Waals surface area (Å²) < 4.78 is 3.98. The second kappa shape index (κ2) is 6.20. The van der Waals surface area contributed by atoms with Crippen molar-refractivity contribution >= 4 is 11.9 Å². The fourth-order valence-corrected chi connectivity index (χ4v) is 2.99. The largest absolute Gasteiger partial charge is 0.348 e. The summed E-state index contributed by atoms with van der Waals surface area (Å²) in [5, 5.41) is 7.55. The molecule has 0 atom stereocenters. The van der Waals surface area contributed by atoms with Gasteiger partial charge in [-0.1, -0.05) is 0 Å². The number of imidazole rings is 1. The number of hydrogen-bond acceptors (Lipinski definition) is 4. The van der Waals surface area contributed by atoms with Crippen molar-refractivity contribution in [2.24, 2.45) is 7.05 Å². The van der Waals surface area contributed by atoms with Gasteiger partial charge in [0.05, 0.1) is 24.0 Å². The van der Waals surface area contributed by atoms with Crippen LogP contribution in [0.25, 0.3) is 0 Å². The first-order valence-corrected chi connectivity index (χ1v) is 8.75. The summed E-state index contributed by atoms with van der Waals surface area (Å²) in [4.78, 5) is 18.9. The van der Waals surface area contributed by atoms with Crippen LogP contribution in [-0.2, 0) is 19.1 Å². The molecule has 7 nitrogen and oxygen atoms in total. The third-order valence-electron chi connectivity index (χ3n) is 4.49. The highest BCUT2D eigenvalue weighted by atomic mass is 16.1. The van der Waals surface area contributed by atoms with Crippen LogP contribution in [0.1, 0.15) is 61.4 Å². The lowest BCUT2D eigenvalue weighted by molar-refractivity contribution is 0.0943. The minimum atomic E-state index is -0.141. The highest BCUT2D eigenvalue weighted by Crippen LogP contribution is 2.41. The van der Waals surface area contributed by atoms with Gasteiger partial charge in [-0.25, -0.2) is 4.98 Å². The lowest BCUT2D eigenvalue weighted by atomic mass is 10.1. The maximum absolute atomic E-state index is 12.6. The number of nitrogens with zero attached hydrogens (tertiary/aromatic N) is 5. The predicted molar refractivity (Wildman–Crippen MR) is 97.9 cm³/mol. The van der Waals surface area contributed by atoms with Crippen molar-refractivity contribution in [1.29, 1.82) is 0 Å². The van der Waals surface area contributed by atoms with E-state index in [-0.39, 0.29) is 11.4 Å². The summed E-state index contributed by atoms with van der Waals surface area (Å²) in [5.41, 5.74) is 2.49. The molecule has 0 spiro atoms. The van der Waals surface area contributed by atoms with Gasteiger partial charge in [0.2, 0.25) is 5.95 Å². The molecule has 25 heavy (non-hydrogen) atoms. The van der Waals surface area contributed by atoms with E-state index in [2.05, 4.69) is 36.2 Å². The molecular formula is C18H28N6O. The molecule has 2 heterocycles. The molecule has 3 rings (SSSR count). The number of nitrogens with one attached hydrogen (secondary N) is 1. The lowest BCUT2D eigenvalue weighted by Crippen LogP contribution is -2.27. The number of anilines is 1. The van der Waals surface area contributed by atoms with Crippen LogP contribution in [-0.4, -0.2) is 39.3 Å². The summed E-state index contributed by atoms with van der Waals surface area (Å²) in [7, 11) is 5.84. The van der Waals surface area contributed by atoms with E-state index in [0.717, 1.165) is 11.6 Å². The molecule has 7 heteroatoms. The van der Waals surface area contributed by atoms with Crippen molar-refractivity contribution < 1.29 is 4.79 Å². The number of carbonyl (C=O) groups excluding carboxylic acids is 1. The van der Waals surface area contributed by atoms with Gasteiger partial charge in [-0.2, -0.15) is 5.10 Å². The van der Waals surface area contributed by atoms with Crippen LogP contribution in [0.2, 0.25) is 0 Å². The Morgan fingerprint density at radius 3 is 2.56 bits per heavy atom. The van der Waals surface area contributed by atoms with E-state index in [1.165, 1.54) is 18.5 Å². The fourth-order valence-electron chi connectivity index (χ4n) is 2.99. The molecule has 1 aliphatic rings. The maximum Gasteiger partial charge on any atom is 0.272 e. The van der Waals surface area contributed by atoms with Gasteiger partial charge in [-0.15, -0.1) is 0 Å². The Kier molecular flexibility index (Phi) is 4.34. The smallest absolute Gasteiger partial charge is 0.272 e. The molecule has 2 aromatic heterocycles. The summed E-state index contributed by atoms with van der Waals surface area (Å²) in [6.45, 7) is 6.78. The number of carbonyl (C=O) groups is 1. The minimum absolute atomic E-state index is 0.126. The zero-order valence-corrected chi connectivity index (χ0v) is 16.0. The SMILES string of the molecule is CN(C)c1ncc(CNC(=O)c2cc(C3CC3)n(C(C)(C)C)n2)n1C. The monoisotopic (exact) mass is 344 g/mol. The number of hydrogen-bond donors (Lipinski definition) is 1. The van der Waals surface area contributed by atoms with E-state index in [4.69, 9.17) is 0 Å². The first kappa shape index (κ1) is 17.5. The zero-order chi connectivity index (χ0) is 18.4. The third kappa shape index (κ3) is 3.55. The Labute approximate surface area is 149 Å². The number of aromatic nitrogens is 4. The van der Waals surface area contributed by atoms with Crippen LogP contribution in [0.3, 0.4) is 0 Å².